The SMILES string of the molecule is Cc1ccc(Cl)cc1N1CCN(C(=O)[C@H](C)Sc2ccccc2)CC1. The van der Waals surface area contributed by atoms with Gasteiger partial charge in [0.05, 0.1) is 5.25 Å². The number of nitrogens with zero attached hydrogens (tertiary/aromatic N) is 2. The van der Waals surface area contributed by atoms with Crippen LogP contribution < -0.4 is 4.90 Å². The van der Waals surface area contributed by atoms with Gasteiger partial charge in [-0.25, -0.2) is 0 Å². The van der Waals surface area contributed by atoms with Crippen LogP contribution in [0.3, 0.4) is 0 Å². The van der Waals surface area contributed by atoms with Crippen LogP contribution in [0.15, 0.2) is 53.4 Å². The van der Waals surface area contributed by atoms with Crippen LogP contribution in [-0.4, -0.2) is 42.2 Å². The minimum Gasteiger partial charge on any atom is -0.368 e. The molecule has 1 fully saturated rings. The van der Waals surface area contributed by atoms with Gasteiger partial charge in [-0.05, 0) is 43.7 Å². The Morgan fingerprint density at radius 3 is 2.44 bits per heavy atom. The molecule has 0 radical (unpaired) electrons. The number of halogens is 1. The molecule has 1 saturated heterocycles. The summed E-state index contributed by atoms with van der Waals surface area (Å²) in [4.78, 5) is 18.2. The van der Waals surface area contributed by atoms with E-state index in [1.807, 2.05) is 60.4 Å². The molecular formula is C20H23ClN2OS. The molecule has 0 N–H and O–H groups in total. The molecule has 0 saturated carbocycles. The van der Waals surface area contributed by atoms with Crippen LogP contribution in [0.4, 0.5) is 5.69 Å². The van der Waals surface area contributed by atoms with Crippen LogP contribution in [0.2, 0.25) is 5.02 Å². The average Bonchev–Trinajstić information content (AvgIpc) is 2.64. The zero-order chi connectivity index (χ0) is 17.8. The van der Waals surface area contributed by atoms with Crippen LogP contribution in [0.25, 0.3) is 0 Å². The van der Waals surface area contributed by atoms with Gasteiger partial charge in [0.25, 0.3) is 0 Å². The van der Waals surface area contributed by atoms with E-state index in [9.17, 15) is 4.79 Å². The fourth-order valence-corrected chi connectivity index (χ4v) is 4.24. The Labute approximate surface area is 159 Å². The molecule has 0 aliphatic carbocycles. The maximum Gasteiger partial charge on any atom is 0.235 e. The highest BCUT2D eigenvalue weighted by Crippen LogP contribution is 2.27. The van der Waals surface area contributed by atoms with Crippen LogP contribution >= 0.6 is 23.4 Å². The molecule has 0 spiro atoms. The lowest BCUT2D eigenvalue weighted by Crippen LogP contribution is -2.50. The van der Waals surface area contributed by atoms with E-state index < -0.39 is 0 Å². The topological polar surface area (TPSA) is 23.6 Å². The number of benzene rings is 2. The quantitative estimate of drug-likeness (QED) is 0.737. The Morgan fingerprint density at radius 2 is 1.76 bits per heavy atom. The molecule has 1 aliphatic rings. The Kier molecular flexibility index (Phi) is 5.92. The zero-order valence-electron chi connectivity index (χ0n) is 14.6. The maximum atomic E-state index is 12.7. The third-order valence-electron chi connectivity index (χ3n) is 4.51. The summed E-state index contributed by atoms with van der Waals surface area (Å²) >= 11 is 7.76. The molecule has 3 rings (SSSR count). The molecule has 2 aromatic carbocycles. The molecule has 1 heterocycles. The Balaban J connectivity index is 1.58. The van der Waals surface area contributed by atoms with Crippen molar-refractivity contribution in [2.45, 2.75) is 24.0 Å². The highest BCUT2D eigenvalue weighted by molar-refractivity contribution is 8.00. The Hall–Kier alpha value is -1.65. The summed E-state index contributed by atoms with van der Waals surface area (Å²) in [6.07, 6.45) is 0. The van der Waals surface area contributed by atoms with Gasteiger partial charge in [-0.15, -0.1) is 11.8 Å². The molecule has 2 aromatic rings. The summed E-state index contributed by atoms with van der Waals surface area (Å²) in [6, 6.07) is 16.1. The fraction of sp³-hybridized carbons (Fsp3) is 0.350. The van der Waals surface area contributed by atoms with Crippen LogP contribution in [0.5, 0.6) is 0 Å². The number of piperazine rings is 1. The second-order valence-corrected chi connectivity index (χ2v) is 8.17. The highest BCUT2D eigenvalue weighted by atomic mass is 35.5. The smallest absolute Gasteiger partial charge is 0.235 e. The predicted molar refractivity (Wildman–Crippen MR) is 107 cm³/mol. The number of hydrogen-bond donors (Lipinski definition) is 0. The molecule has 1 atom stereocenters. The third kappa shape index (κ3) is 4.50. The second kappa shape index (κ2) is 8.15. The van der Waals surface area contributed by atoms with Crippen molar-refractivity contribution >= 4 is 35.0 Å². The molecule has 3 nitrogen and oxygen atoms in total. The first-order chi connectivity index (χ1) is 12.0. The summed E-state index contributed by atoms with van der Waals surface area (Å²) in [5.41, 5.74) is 2.39. The van der Waals surface area contributed by atoms with Crippen molar-refractivity contribution in [2.75, 3.05) is 31.1 Å². The second-order valence-electron chi connectivity index (χ2n) is 6.32. The monoisotopic (exact) mass is 374 g/mol. The van der Waals surface area contributed by atoms with Crippen LogP contribution in [0.1, 0.15) is 12.5 Å². The average molecular weight is 375 g/mol. The summed E-state index contributed by atoms with van der Waals surface area (Å²) in [7, 11) is 0. The number of rotatable bonds is 4. The van der Waals surface area contributed by atoms with Crippen molar-refractivity contribution in [1.29, 1.82) is 0 Å². The number of thioether (sulfide) groups is 1. The third-order valence-corrected chi connectivity index (χ3v) is 5.84. The van der Waals surface area contributed by atoms with Gasteiger partial charge in [-0.2, -0.15) is 0 Å². The van der Waals surface area contributed by atoms with Crippen molar-refractivity contribution in [1.82, 2.24) is 4.90 Å². The largest absolute Gasteiger partial charge is 0.368 e. The molecule has 25 heavy (non-hydrogen) atoms. The minimum atomic E-state index is -0.0677. The molecule has 5 heteroatoms. The van der Waals surface area contributed by atoms with Gasteiger partial charge in [-0.1, -0.05) is 35.9 Å². The lowest BCUT2D eigenvalue weighted by Gasteiger charge is -2.37. The lowest BCUT2D eigenvalue weighted by molar-refractivity contribution is -0.130. The molecule has 132 valence electrons. The standard InChI is InChI=1S/C20H23ClN2OS/c1-15-8-9-17(21)14-19(15)22-10-12-23(13-11-22)20(24)16(2)25-18-6-4-3-5-7-18/h3-9,14,16H,10-13H2,1-2H3/t16-/m0/s1. The van der Waals surface area contributed by atoms with Gasteiger partial charge in [0, 0.05) is 41.8 Å². The van der Waals surface area contributed by atoms with Gasteiger partial charge < -0.3 is 9.80 Å². The molecule has 1 aliphatic heterocycles. The highest BCUT2D eigenvalue weighted by Gasteiger charge is 2.26. The predicted octanol–water partition coefficient (Wildman–Crippen LogP) is 4.48. The summed E-state index contributed by atoms with van der Waals surface area (Å²) in [5.74, 6) is 0.219. The Morgan fingerprint density at radius 1 is 1.08 bits per heavy atom. The van der Waals surface area contributed by atoms with Gasteiger partial charge in [0.2, 0.25) is 5.91 Å². The first kappa shape index (κ1) is 18.2. The Bertz CT molecular complexity index is 730. The fourth-order valence-electron chi connectivity index (χ4n) is 3.10. The first-order valence-electron chi connectivity index (χ1n) is 8.56. The summed E-state index contributed by atoms with van der Waals surface area (Å²) in [6.45, 7) is 7.29. The van der Waals surface area contributed by atoms with E-state index >= 15 is 0 Å². The van der Waals surface area contributed by atoms with E-state index in [0.717, 1.165) is 36.1 Å². The first-order valence-corrected chi connectivity index (χ1v) is 9.82. The molecule has 0 aromatic heterocycles. The van der Waals surface area contributed by atoms with E-state index in [-0.39, 0.29) is 11.2 Å². The number of carbonyl (C=O) groups excluding carboxylic acids is 1. The van der Waals surface area contributed by atoms with E-state index in [1.165, 1.54) is 11.3 Å². The number of carbonyl (C=O) groups is 1. The minimum absolute atomic E-state index is 0.0677. The number of aryl methyl sites for hydroxylation is 1. The van der Waals surface area contributed by atoms with E-state index in [0.29, 0.717) is 0 Å². The molecule has 0 unspecified atom stereocenters. The van der Waals surface area contributed by atoms with Gasteiger partial charge in [-0.3, -0.25) is 4.79 Å². The number of hydrogen-bond acceptors (Lipinski definition) is 3. The normalized spacial score (nSPS) is 16.0. The molecule has 1 amide bonds. The van der Waals surface area contributed by atoms with Gasteiger partial charge in [0.15, 0.2) is 0 Å². The van der Waals surface area contributed by atoms with Crippen LogP contribution in [-0.2, 0) is 4.79 Å². The van der Waals surface area contributed by atoms with Crippen molar-refractivity contribution in [3.8, 4) is 0 Å². The van der Waals surface area contributed by atoms with Crippen LogP contribution in [0, 0.1) is 6.92 Å². The number of amides is 1. The van der Waals surface area contributed by atoms with Crippen molar-refractivity contribution in [3.63, 3.8) is 0 Å². The zero-order valence-corrected chi connectivity index (χ0v) is 16.2. The van der Waals surface area contributed by atoms with Crippen molar-refractivity contribution in [2.24, 2.45) is 0 Å². The lowest BCUT2D eigenvalue weighted by atomic mass is 10.1. The van der Waals surface area contributed by atoms with Gasteiger partial charge >= 0.3 is 0 Å². The van der Waals surface area contributed by atoms with Crippen molar-refractivity contribution < 1.29 is 4.79 Å². The molecule has 0 bridgehead atoms. The van der Waals surface area contributed by atoms with E-state index in [1.54, 1.807) is 11.8 Å². The molecular weight excluding hydrogens is 352 g/mol. The van der Waals surface area contributed by atoms with E-state index in [4.69, 9.17) is 11.6 Å². The summed E-state index contributed by atoms with van der Waals surface area (Å²) < 4.78 is 0. The van der Waals surface area contributed by atoms with Gasteiger partial charge in [0.1, 0.15) is 0 Å². The number of anilines is 1. The van der Waals surface area contributed by atoms with E-state index in [2.05, 4.69) is 11.8 Å². The van der Waals surface area contributed by atoms with Crippen molar-refractivity contribution in [3.05, 3.63) is 59.1 Å². The maximum absolute atomic E-state index is 12.7. The summed E-state index contributed by atoms with van der Waals surface area (Å²) in [5, 5.41) is 0.689.